The van der Waals surface area contributed by atoms with Crippen molar-refractivity contribution in [2.45, 2.75) is 72.6 Å². The maximum absolute atomic E-state index is 4.22. The summed E-state index contributed by atoms with van der Waals surface area (Å²) in [6.07, 6.45) is 9.48. The van der Waals surface area contributed by atoms with Gasteiger partial charge < -0.3 is 0 Å². The van der Waals surface area contributed by atoms with Gasteiger partial charge in [-0.2, -0.15) is 0 Å². The molecule has 0 aliphatic carbocycles. The maximum atomic E-state index is 4.22. The van der Waals surface area contributed by atoms with Crippen LogP contribution >= 0.6 is 0 Å². The average molecular weight is 211 g/mol. The SMILES string of the molecule is [CH2]C(CC)CC(CC)CC(CC)CCC. The molecule has 0 aliphatic rings. The van der Waals surface area contributed by atoms with Gasteiger partial charge in [-0.3, -0.25) is 0 Å². The summed E-state index contributed by atoms with van der Waals surface area (Å²) in [5, 5.41) is 0. The van der Waals surface area contributed by atoms with E-state index in [0.29, 0.717) is 5.92 Å². The second kappa shape index (κ2) is 9.24. The number of rotatable bonds is 9. The lowest BCUT2D eigenvalue weighted by atomic mass is 9.83. The quantitative estimate of drug-likeness (QED) is 0.474. The van der Waals surface area contributed by atoms with Crippen LogP contribution in [0.4, 0.5) is 0 Å². The molecule has 0 rings (SSSR count). The molecular weight excluding hydrogens is 180 g/mol. The van der Waals surface area contributed by atoms with Crippen LogP contribution in [0.1, 0.15) is 72.6 Å². The Morgan fingerprint density at radius 3 is 1.80 bits per heavy atom. The maximum Gasteiger partial charge on any atom is -0.0412 e. The summed E-state index contributed by atoms with van der Waals surface area (Å²) in [6, 6.07) is 0. The monoisotopic (exact) mass is 211 g/mol. The molecule has 0 aromatic carbocycles. The Bertz CT molecular complexity index is 128. The highest BCUT2D eigenvalue weighted by Crippen LogP contribution is 2.28. The lowest BCUT2D eigenvalue weighted by Gasteiger charge is -2.23. The zero-order valence-corrected chi connectivity index (χ0v) is 11.4. The molecule has 15 heavy (non-hydrogen) atoms. The molecule has 0 fully saturated rings. The van der Waals surface area contributed by atoms with Gasteiger partial charge in [-0.1, -0.05) is 66.7 Å². The Kier molecular flexibility index (Phi) is 9.24. The van der Waals surface area contributed by atoms with Crippen molar-refractivity contribution in [3.05, 3.63) is 6.92 Å². The standard InChI is InChI=1S/C15H31/c1-6-10-14(8-3)12-15(9-4)11-13(5)7-2/h13-15H,5-12H2,1-4H3. The molecule has 0 N–H and O–H groups in total. The van der Waals surface area contributed by atoms with Crippen molar-refractivity contribution in [1.29, 1.82) is 0 Å². The zero-order chi connectivity index (χ0) is 11.7. The molecule has 0 amide bonds. The van der Waals surface area contributed by atoms with E-state index in [2.05, 4.69) is 34.6 Å². The van der Waals surface area contributed by atoms with Crippen molar-refractivity contribution >= 4 is 0 Å². The summed E-state index contributed by atoms with van der Waals surface area (Å²) in [5.74, 6) is 2.56. The number of hydrogen-bond donors (Lipinski definition) is 0. The first-order valence-corrected chi connectivity index (χ1v) is 7.00. The molecule has 0 bridgehead atoms. The van der Waals surface area contributed by atoms with E-state index >= 15 is 0 Å². The first-order valence-electron chi connectivity index (χ1n) is 7.00. The molecule has 0 aliphatic heterocycles. The van der Waals surface area contributed by atoms with Crippen LogP contribution in [-0.4, -0.2) is 0 Å². The third-order valence-corrected chi connectivity index (χ3v) is 3.76. The highest BCUT2D eigenvalue weighted by molar-refractivity contribution is 4.69. The second-order valence-electron chi connectivity index (χ2n) is 5.08. The molecule has 0 heterocycles. The lowest BCUT2D eigenvalue weighted by molar-refractivity contribution is 0.294. The van der Waals surface area contributed by atoms with Gasteiger partial charge >= 0.3 is 0 Å². The van der Waals surface area contributed by atoms with Gasteiger partial charge in [0.25, 0.3) is 0 Å². The Labute approximate surface area is 97.8 Å². The number of hydrogen-bond acceptors (Lipinski definition) is 0. The van der Waals surface area contributed by atoms with E-state index < -0.39 is 0 Å². The third-order valence-electron chi connectivity index (χ3n) is 3.76. The van der Waals surface area contributed by atoms with Crippen LogP contribution in [-0.2, 0) is 0 Å². The predicted molar refractivity (Wildman–Crippen MR) is 70.8 cm³/mol. The van der Waals surface area contributed by atoms with Crippen molar-refractivity contribution in [1.82, 2.24) is 0 Å². The van der Waals surface area contributed by atoms with Crippen molar-refractivity contribution < 1.29 is 0 Å². The lowest BCUT2D eigenvalue weighted by Crippen LogP contribution is -2.11. The summed E-state index contributed by atoms with van der Waals surface area (Å²) >= 11 is 0. The minimum atomic E-state index is 0.675. The van der Waals surface area contributed by atoms with E-state index in [1.165, 1.54) is 44.9 Å². The van der Waals surface area contributed by atoms with Gasteiger partial charge in [-0.25, -0.2) is 0 Å². The van der Waals surface area contributed by atoms with Crippen molar-refractivity contribution in [2.24, 2.45) is 17.8 Å². The topological polar surface area (TPSA) is 0 Å². The molecule has 91 valence electrons. The van der Waals surface area contributed by atoms with E-state index in [0.717, 1.165) is 11.8 Å². The van der Waals surface area contributed by atoms with Crippen LogP contribution in [0.5, 0.6) is 0 Å². The third kappa shape index (κ3) is 6.98. The molecule has 0 saturated carbocycles. The first-order chi connectivity index (χ1) is 7.17. The summed E-state index contributed by atoms with van der Waals surface area (Å²) in [6.45, 7) is 13.5. The van der Waals surface area contributed by atoms with Gasteiger partial charge in [0.2, 0.25) is 0 Å². The van der Waals surface area contributed by atoms with Crippen LogP contribution < -0.4 is 0 Å². The van der Waals surface area contributed by atoms with Crippen LogP contribution in [0, 0.1) is 24.7 Å². The van der Waals surface area contributed by atoms with Gasteiger partial charge in [0.15, 0.2) is 0 Å². The van der Waals surface area contributed by atoms with E-state index in [4.69, 9.17) is 0 Å². The van der Waals surface area contributed by atoms with Crippen LogP contribution in [0.15, 0.2) is 0 Å². The molecule has 0 spiro atoms. The van der Waals surface area contributed by atoms with Crippen LogP contribution in [0.2, 0.25) is 0 Å². The summed E-state index contributed by atoms with van der Waals surface area (Å²) < 4.78 is 0. The fourth-order valence-electron chi connectivity index (χ4n) is 2.44. The highest BCUT2D eigenvalue weighted by atomic mass is 14.2. The van der Waals surface area contributed by atoms with Crippen molar-refractivity contribution in [3.8, 4) is 0 Å². The van der Waals surface area contributed by atoms with Gasteiger partial charge in [-0.05, 0) is 30.6 Å². The minimum absolute atomic E-state index is 0.675. The summed E-state index contributed by atoms with van der Waals surface area (Å²) in [4.78, 5) is 0. The molecular formula is C15H31. The molecule has 3 atom stereocenters. The summed E-state index contributed by atoms with van der Waals surface area (Å²) in [7, 11) is 0. The molecule has 1 radical (unpaired) electrons. The van der Waals surface area contributed by atoms with Crippen molar-refractivity contribution in [2.75, 3.05) is 0 Å². The highest BCUT2D eigenvalue weighted by Gasteiger charge is 2.15. The Balaban J connectivity index is 3.94. The van der Waals surface area contributed by atoms with Gasteiger partial charge in [0, 0.05) is 0 Å². The molecule has 0 aromatic heterocycles. The zero-order valence-electron chi connectivity index (χ0n) is 11.4. The smallest absolute Gasteiger partial charge is 0.0412 e. The van der Waals surface area contributed by atoms with Crippen LogP contribution in [0.25, 0.3) is 0 Å². The minimum Gasteiger partial charge on any atom is -0.0654 e. The molecule has 0 heteroatoms. The fraction of sp³-hybridized carbons (Fsp3) is 0.933. The van der Waals surface area contributed by atoms with Gasteiger partial charge in [-0.15, -0.1) is 0 Å². The molecule has 0 saturated heterocycles. The summed E-state index contributed by atoms with van der Waals surface area (Å²) in [5.41, 5.74) is 0. The second-order valence-corrected chi connectivity index (χ2v) is 5.08. The Hall–Kier alpha value is 0. The molecule has 0 nitrogen and oxygen atoms in total. The predicted octanol–water partition coefficient (Wildman–Crippen LogP) is 5.48. The molecule has 3 unspecified atom stereocenters. The van der Waals surface area contributed by atoms with Crippen LogP contribution in [0.3, 0.4) is 0 Å². The average Bonchev–Trinajstić information content (AvgIpc) is 2.26. The Morgan fingerprint density at radius 2 is 1.40 bits per heavy atom. The van der Waals surface area contributed by atoms with Gasteiger partial charge in [0.05, 0.1) is 0 Å². The largest absolute Gasteiger partial charge is 0.0654 e. The van der Waals surface area contributed by atoms with E-state index in [1.54, 1.807) is 0 Å². The normalized spacial score (nSPS) is 17.4. The van der Waals surface area contributed by atoms with Gasteiger partial charge in [0.1, 0.15) is 0 Å². The Morgan fingerprint density at radius 1 is 0.800 bits per heavy atom. The first kappa shape index (κ1) is 15.0. The van der Waals surface area contributed by atoms with E-state index in [9.17, 15) is 0 Å². The fourth-order valence-corrected chi connectivity index (χ4v) is 2.44. The van der Waals surface area contributed by atoms with E-state index in [-0.39, 0.29) is 0 Å². The van der Waals surface area contributed by atoms with Crippen molar-refractivity contribution in [3.63, 3.8) is 0 Å². The molecule has 0 aromatic rings. The van der Waals surface area contributed by atoms with E-state index in [1.807, 2.05) is 0 Å².